The number of hydrogen-bond donors (Lipinski definition) is 1. The minimum Gasteiger partial charge on any atom is -0.492 e. The van der Waals surface area contributed by atoms with Crippen molar-refractivity contribution in [1.29, 1.82) is 0 Å². The number of hydrogen-bond acceptors (Lipinski definition) is 2. The monoisotopic (exact) mass is 331 g/mol. The Hall–Kier alpha value is -0.250. The maximum absolute atomic E-state index is 6.08. The van der Waals surface area contributed by atoms with E-state index in [0.29, 0.717) is 11.6 Å². The Bertz CT molecular complexity index is 380. The standard InChI is InChI=1S/C14H19BrClNO/c15-11-6-7-14(13(16)10-11)18-9-3-8-17-12-4-1-2-5-12/h6-7,10,12,17H,1-5,8-9H2. The Kier molecular flexibility index (Phi) is 5.80. The van der Waals surface area contributed by atoms with Gasteiger partial charge in [-0.2, -0.15) is 0 Å². The summed E-state index contributed by atoms with van der Waals surface area (Å²) in [4.78, 5) is 0. The molecule has 0 aromatic heterocycles. The highest BCUT2D eigenvalue weighted by Gasteiger charge is 2.13. The molecule has 1 saturated carbocycles. The summed E-state index contributed by atoms with van der Waals surface area (Å²) in [7, 11) is 0. The van der Waals surface area contributed by atoms with E-state index in [0.717, 1.165) is 29.2 Å². The molecule has 1 N–H and O–H groups in total. The first-order valence-corrected chi connectivity index (χ1v) is 7.74. The third-order valence-corrected chi connectivity index (χ3v) is 4.05. The summed E-state index contributed by atoms with van der Waals surface area (Å²) in [5.41, 5.74) is 0. The van der Waals surface area contributed by atoms with Gasteiger partial charge in [-0.25, -0.2) is 0 Å². The van der Waals surface area contributed by atoms with Crippen LogP contribution in [0.15, 0.2) is 22.7 Å². The first kappa shape index (κ1) is 14.2. The van der Waals surface area contributed by atoms with E-state index in [1.54, 1.807) is 0 Å². The summed E-state index contributed by atoms with van der Waals surface area (Å²) >= 11 is 9.45. The van der Waals surface area contributed by atoms with Crippen LogP contribution in [0.25, 0.3) is 0 Å². The van der Waals surface area contributed by atoms with Crippen LogP contribution in [0, 0.1) is 0 Å². The number of ether oxygens (including phenoxy) is 1. The molecule has 100 valence electrons. The van der Waals surface area contributed by atoms with Gasteiger partial charge in [0, 0.05) is 10.5 Å². The number of nitrogens with one attached hydrogen (secondary N) is 1. The fourth-order valence-corrected chi connectivity index (χ4v) is 3.01. The number of rotatable bonds is 6. The predicted octanol–water partition coefficient (Wildman–Crippen LogP) is 4.40. The minimum atomic E-state index is 0.660. The zero-order valence-electron chi connectivity index (χ0n) is 10.4. The van der Waals surface area contributed by atoms with Gasteiger partial charge in [0.25, 0.3) is 0 Å². The van der Waals surface area contributed by atoms with Crippen molar-refractivity contribution >= 4 is 27.5 Å². The van der Waals surface area contributed by atoms with E-state index in [9.17, 15) is 0 Å². The summed E-state index contributed by atoms with van der Waals surface area (Å²) in [6.07, 6.45) is 6.44. The Morgan fingerprint density at radius 1 is 1.33 bits per heavy atom. The fraction of sp³-hybridized carbons (Fsp3) is 0.571. The van der Waals surface area contributed by atoms with Gasteiger partial charge in [0.15, 0.2) is 0 Å². The van der Waals surface area contributed by atoms with E-state index in [4.69, 9.17) is 16.3 Å². The SMILES string of the molecule is Clc1cc(Br)ccc1OCCCNC1CCCC1. The molecule has 1 aromatic rings. The van der Waals surface area contributed by atoms with E-state index in [1.807, 2.05) is 18.2 Å². The maximum Gasteiger partial charge on any atom is 0.137 e. The highest BCUT2D eigenvalue weighted by atomic mass is 79.9. The summed E-state index contributed by atoms with van der Waals surface area (Å²) in [6.45, 7) is 1.74. The molecule has 0 amide bonds. The quantitative estimate of drug-likeness (QED) is 0.779. The van der Waals surface area contributed by atoms with Crippen molar-refractivity contribution in [2.24, 2.45) is 0 Å². The smallest absolute Gasteiger partial charge is 0.137 e. The van der Waals surface area contributed by atoms with E-state index in [-0.39, 0.29) is 0 Å². The molecule has 2 rings (SSSR count). The Labute approximate surface area is 122 Å². The van der Waals surface area contributed by atoms with Crippen molar-refractivity contribution < 1.29 is 4.74 Å². The molecule has 2 nitrogen and oxygen atoms in total. The van der Waals surface area contributed by atoms with Gasteiger partial charge < -0.3 is 10.1 Å². The van der Waals surface area contributed by atoms with E-state index < -0.39 is 0 Å². The second-order valence-electron chi connectivity index (χ2n) is 4.71. The molecule has 18 heavy (non-hydrogen) atoms. The van der Waals surface area contributed by atoms with Crippen molar-refractivity contribution in [3.05, 3.63) is 27.7 Å². The second kappa shape index (κ2) is 7.37. The Balaban J connectivity index is 1.62. The van der Waals surface area contributed by atoms with Gasteiger partial charge in [0.05, 0.1) is 11.6 Å². The van der Waals surface area contributed by atoms with Crippen LogP contribution in [-0.4, -0.2) is 19.2 Å². The molecule has 0 radical (unpaired) electrons. The van der Waals surface area contributed by atoms with Gasteiger partial charge >= 0.3 is 0 Å². The summed E-state index contributed by atoms with van der Waals surface area (Å²) < 4.78 is 6.64. The van der Waals surface area contributed by atoms with Crippen molar-refractivity contribution in [2.45, 2.75) is 38.1 Å². The first-order chi connectivity index (χ1) is 8.75. The summed E-state index contributed by atoms with van der Waals surface area (Å²) in [5, 5.41) is 4.23. The van der Waals surface area contributed by atoms with Crippen LogP contribution in [0.5, 0.6) is 5.75 Å². The van der Waals surface area contributed by atoms with Crippen LogP contribution in [0.4, 0.5) is 0 Å². The predicted molar refractivity (Wildman–Crippen MR) is 79.5 cm³/mol. The Morgan fingerprint density at radius 2 is 2.11 bits per heavy atom. The molecule has 0 spiro atoms. The third kappa shape index (κ3) is 4.45. The lowest BCUT2D eigenvalue weighted by Crippen LogP contribution is -2.27. The fourth-order valence-electron chi connectivity index (χ4n) is 2.28. The lowest BCUT2D eigenvalue weighted by molar-refractivity contribution is 0.305. The van der Waals surface area contributed by atoms with E-state index in [2.05, 4.69) is 21.2 Å². The van der Waals surface area contributed by atoms with Gasteiger partial charge in [0.2, 0.25) is 0 Å². The molecule has 0 heterocycles. The highest BCUT2D eigenvalue weighted by Crippen LogP contribution is 2.27. The molecule has 1 aromatic carbocycles. The van der Waals surface area contributed by atoms with Gasteiger partial charge in [-0.05, 0) is 44.0 Å². The van der Waals surface area contributed by atoms with Crippen molar-refractivity contribution in [2.75, 3.05) is 13.2 Å². The molecular weight excluding hydrogens is 314 g/mol. The van der Waals surface area contributed by atoms with Crippen LogP contribution < -0.4 is 10.1 Å². The average Bonchev–Trinajstić information content (AvgIpc) is 2.84. The van der Waals surface area contributed by atoms with E-state index in [1.165, 1.54) is 25.7 Å². The zero-order chi connectivity index (χ0) is 12.8. The molecule has 4 heteroatoms. The third-order valence-electron chi connectivity index (χ3n) is 3.26. The number of halogens is 2. The largest absolute Gasteiger partial charge is 0.492 e. The molecule has 1 aliphatic rings. The van der Waals surface area contributed by atoms with Crippen LogP contribution in [0.2, 0.25) is 5.02 Å². The topological polar surface area (TPSA) is 21.3 Å². The van der Waals surface area contributed by atoms with Gasteiger partial charge in [-0.3, -0.25) is 0 Å². The maximum atomic E-state index is 6.08. The molecule has 0 bridgehead atoms. The molecule has 0 atom stereocenters. The van der Waals surface area contributed by atoms with E-state index >= 15 is 0 Å². The lowest BCUT2D eigenvalue weighted by atomic mass is 10.2. The summed E-state index contributed by atoms with van der Waals surface area (Å²) in [6, 6.07) is 6.43. The average molecular weight is 333 g/mol. The highest BCUT2D eigenvalue weighted by molar-refractivity contribution is 9.10. The second-order valence-corrected chi connectivity index (χ2v) is 6.04. The van der Waals surface area contributed by atoms with Crippen molar-refractivity contribution in [3.63, 3.8) is 0 Å². The normalized spacial score (nSPS) is 16.1. The molecule has 1 fully saturated rings. The van der Waals surface area contributed by atoms with Crippen LogP contribution >= 0.6 is 27.5 Å². The summed E-state index contributed by atoms with van der Waals surface area (Å²) in [5.74, 6) is 0.765. The van der Waals surface area contributed by atoms with Crippen LogP contribution in [-0.2, 0) is 0 Å². The molecule has 0 aliphatic heterocycles. The Morgan fingerprint density at radius 3 is 2.83 bits per heavy atom. The van der Waals surface area contributed by atoms with Crippen LogP contribution in [0.1, 0.15) is 32.1 Å². The van der Waals surface area contributed by atoms with Gasteiger partial charge in [0.1, 0.15) is 5.75 Å². The zero-order valence-corrected chi connectivity index (χ0v) is 12.8. The minimum absolute atomic E-state index is 0.660. The van der Waals surface area contributed by atoms with Gasteiger partial charge in [-0.1, -0.05) is 40.4 Å². The van der Waals surface area contributed by atoms with Crippen molar-refractivity contribution in [3.8, 4) is 5.75 Å². The first-order valence-electron chi connectivity index (χ1n) is 6.57. The molecule has 0 saturated heterocycles. The molecular formula is C14H19BrClNO. The lowest BCUT2D eigenvalue weighted by Gasteiger charge is -2.12. The molecule has 1 aliphatic carbocycles. The number of benzene rings is 1. The van der Waals surface area contributed by atoms with Crippen molar-refractivity contribution in [1.82, 2.24) is 5.32 Å². The molecule has 0 unspecified atom stereocenters. The van der Waals surface area contributed by atoms with Crippen LogP contribution in [0.3, 0.4) is 0 Å². The van der Waals surface area contributed by atoms with Gasteiger partial charge in [-0.15, -0.1) is 0 Å².